The number of aromatic nitrogens is 1. The van der Waals surface area contributed by atoms with Crippen molar-refractivity contribution in [2.24, 2.45) is 5.73 Å². The Morgan fingerprint density at radius 2 is 2.00 bits per heavy atom. The molecule has 5 N–H and O–H groups in total. The number of primary amides is 1. The van der Waals surface area contributed by atoms with Gasteiger partial charge in [-0.05, 0) is 18.2 Å². The van der Waals surface area contributed by atoms with Crippen molar-refractivity contribution in [1.82, 2.24) is 4.98 Å². The van der Waals surface area contributed by atoms with Crippen LogP contribution in [0.4, 0.5) is 17.2 Å². The Kier molecular flexibility index (Phi) is 4.13. The van der Waals surface area contributed by atoms with Crippen molar-refractivity contribution >= 4 is 23.1 Å². The van der Waals surface area contributed by atoms with Gasteiger partial charge >= 0.3 is 0 Å². The number of hydrogen-bond donors (Lipinski definition) is 3. The van der Waals surface area contributed by atoms with Gasteiger partial charge in [0.1, 0.15) is 17.3 Å². The van der Waals surface area contributed by atoms with Crippen LogP contribution in [0.1, 0.15) is 10.4 Å². The van der Waals surface area contributed by atoms with Crippen LogP contribution in [-0.4, -0.2) is 25.1 Å². The van der Waals surface area contributed by atoms with E-state index >= 15 is 0 Å². The van der Waals surface area contributed by atoms with E-state index < -0.39 is 5.91 Å². The van der Waals surface area contributed by atoms with Crippen LogP contribution in [0, 0.1) is 0 Å². The number of nitrogen functional groups attached to an aromatic ring is 1. The van der Waals surface area contributed by atoms with Crippen molar-refractivity contribution in [1.29, 1.82) is 0 Å². The summed E-state index contributed by atoms with van der Waals surface area (Å²) >= 11 is 0. The smallest absolute Gasteiger partial charge is 0.252 e. The summed E-state index contributed by atoms with van der Waals surface area (Å²) < 4.78 is 10.4. The van der Waals surface area contributed by atoms with E-state index in [1.807, 2.05) is 0 Å². The molecule has 0 saturated carbocycles. The highest BCUT2D eigenvalue weighted by atomic mass is 16.5. The number of nitrogens with two attached hydrogens (primary N) is 2. The molecule has 0 radical (unpaired) electrons. The van der Waals surface area contributed by atoms with Gasteiger partial charge in [-0.1, -0.05) is 0 Å². The maximum Gasteiger partial charge on any atom is 0.252 e. The molecular formula is C14H16N4O3. The van der Waals surface area contributed by atoms with Crippen molar-refractivity contribution in [3.05, 3.63) is 36.0 Å². The van der Waals surface area contributed by atoms with Gasteiger partial charge in [-0.25, -0.2) is 4.98 Å². The third-order valence-electron chi connectivity index (χ3n) is 2.84. The average Bonchev–Trinajstić information content (AvgIpc) is 2.49. The number of nitrogens with zero attached hydrogens (tertiary/aromatic N) is 1. The number of methoxy groups -OCH3 is 2. The molecular weight excluding hydrogens is 272 g/mol. The predicted octanol–water partition coefficient (Wildman–Crippen LogP) is 1.52. The van der Waals surface area contributed by atoms with Crippen molar-refractivity contribution in [2.45, 2.75) is 0 Å². The number of hydrogen-bond acceptors (Lipinski definition) is 6. The molecule has 7 heteroatoms. The second kappa shape index (κ2) is 6.00. The standard InChI is InChI=1S/C14H16N4O3/c1-20-9-3-4-11(12(6-9)21-2)18-14-10(13(16)19)5-8(15)7-17-14/h3-7H,15H2,1-2H3,(H2,16,19)(H,17,18). The topological polar surface area (TPSA) is 112 Å². The number of nitrogens with one attached hydrogen (secondary N) is 1. The lowest BCUT2D eigenvalue weighted by molar-refractivity contribution is 0.100. The zero-order valence-corrected chi connectivity index (χ0v) is 11.7. The summed E-state index contributed by atoms with van der Waals surface area (Å²) in [6.07, 6.45) is 1.44. The zero-order chi connectivity index (χ0) is 15.4. The minimum absolute atomic E-state index is 0.202. The lowest BCUT2D eigenvalue weighted by Gasteiger charge is -2.13. The first-order chi connectivity index (χ1) is 10.0. The molecule has 21 heavy (non-hydrogen) atoms. The van der Waals surface area contributed by atoms with Crippen LogP contribution in [0.5, 0.6) is 11.5 Å². The van der Waals surface area contributed by atoms with E-state index in [-0.39, 0.29) is 5.56 Å². The molecule has 1 amide bonds. The van der Waals surface area contributed by atoms with Crippen LogP contribution in [-0.2, 0) is 0 Å². The molecule has 0 unspecified atom stereocenters. The van der Waals surface area contributed by atoms with Gasteiger partial charge in [-0.3, -0.25) is 4.79 Å². The van der Waals surface area contributed by atoms with Crippen LogP contribution in [0.25, 0.3) is 0 Å². The quantitative estimate of drug-likeness (QED) is 0.769. The van der Waals surface area contributed by atoms with Crippen LogP contribution >= 0.6 is 0 Å². The number of carbonyl (C=O) groups is 1. The number of amides is 1. The van der Waals surface area contributed by atoms with E-state index in [2.05, 4.69) is 10.3 Å². The summed E-state index contributed by atoms with van der Waals surface area (Å²) in [6, 6.07) is 6.68. The fourth-order valence-corrected chi connectivity index (χ4v) is 1.80. The van der Waals surface area contributed by atoms with Crippen LogP contribution in [0.15, 0.2) is 30.5 Å². The van der Waals surface area contributed by atoms with E-state index in [4.69, 9.17) is 20.9 Å². The molecule has 2 rings (SSSR count). The lowest BCUT2D eigenvalue weighted by Crippen LogP contribution is -2.15. The number of pyridine rings is 1. The first kappa shape index (κ1) is 14.4. The number of ether oxygens (including phenoxy) is 2. The lowest BCUT2D eigenvalue weighted by atomic mass is 10.2. The summed E-state index contributed by atoms with van der Waals surface area (Å²) in [5, 5.41) is 3.00. The molecule has 0 spiro atoms. The van der Waals surface area contributed by atoms with Crippen molar-refractivity contribution in [3.8, 4) is 11.5 Å². The normalized spacial score (nSPS) is 10.0. The minimum Gasteiger partial charge on any atom is -0.497 e. The Morgan fingerprint density at radius 3 is 2.62 bits per heavy atom. The molecule has 0 atom stereocenters. The second-order valence-corrected chi connectivity index (χ2v) is 4.22. The van der Waals surface area contributed by atoms with E-state index in [1.54, 1.807) is 25.3 Å². The predicted molar refractivity (Wildman–Crippen MR) is 80.0 cm³/mol. The highest BCUT2D eigenvalue weighted by Crippen LogP contribution is 2.32. The molecule has 2 aromatic rings. The van der Waals surface area contributed by atoms with Crippen molar-refractivity contribution in [3.63, 3.8) is 0 Å². The van der Waals surface area contributed by atoms with Gasteiger partial charge in [0.25, 0.3) is 5.91 Å². The summed E-state index contributed by atoms with van der Waals surface area (Å²) in [6.45, 7) is 0. The zero-order valence-electron chi connectivity index (χ0n) is 11.7. The van der Waals surface area contributed by atoms with Gasteiger partial charge in [0.2, 0.25) is 0 Å². The molecule has 0 saturated heterocycles. The van der Waals surface area contributed by atoms with Crippen molar-refractivity contribution < 1.29 is 14.3 Å². The van der Waals surface area contributed by atoms with Gasteiger partial charge < -0.3 is 26.3 Å². The molecule has 0 aliphatic heterocycles. The summed E-state index contributed by atoms with van der Waals surface area (Å²) in [4.78, 5) is 15.5. The number of carbonyl (C=O) groups excluding carboxylic acids is 1. The van der Waals surface area contributed by atoms with E-state index in [0.717, 1.165) is 0 Å². The van der Waals surface area contributed by atoms with E-state index in [1.165, 1.54) is 19.4 Å². The number of rotatable bonds is 5. The van der Waals surface area contributed by atoms with Crippen molar-refractivity contribution in [2.75, 3.05) is 25.3 Å². The molecule has 0 aliphatic carbocycles. The fraction of sp³-hybridized carbons (Fsp3) is 0.143. The number of benzene rings is 1. The Hall–Kier alpha value is -2.96. The van der Waals surface area contributed by atoms with Crippen LogP contribution in [0.2, 0.25) is 0 Å². The minimum atomic E-state index is -0.621. The number of anilines is 3. The largest absolute Gasteiger partial charge is 0.497 e. The molecule has 1 aromatic carbocycles. The maximum atomic E-state index is 11.5. The van der Waals surface area contributed by atoms with E-state index in [9.17, 15) is 4.79 Å². The Morgan fingerprint density at radius 1 is 1.24 bits per heavy atom. The fourth-order valence-electron chi connectivity index (χ4n) is 1.80. The molecule has 1 heterocycles. The molecule has 0 fully saturated rings. The highest BCUT2D eigenvalue weighted by Gasteiger charge is 2.13. The third-order valence-corrected chi connectivity index (χ3v) is 2.84. The Labute approximate surface area is 121 Å². The summed E-state index contributed by atoms with van der Waals surface area (Å²) in [7, 11) is 3.10. The second-order valence-electron chi connectivity index (χ2n) is 4.22. The van der Waals surface area contributed by atoms with Gasteiger partial charge in [-0.15, -0.1) is 0 Å². The maximum absolute atomic E-state index is 11.5. The SMILES string of the molecule is COc1ccc(Nc2ncc(N)cc2C(N)=O)c(OC)c1. The van der Waals surface area contributed by atoms with Gasteiger partial charge in [0.15, 0.2) is 0 Å². The van der Waals surface area contributed by atoms with Gasteiger partial charge in [0.05, 0.1) is 37.4 Å². The molecule has 1 aromatic heterocycles. The van der Waals surface area contributed by atoms with Crippen LogP contribution < -0.4 is 26.3 Å². The summed E-state index contributed by atoms with van der Waals surface area (Å²) in [5.41, 5.74) is 12.1. The van der Waals surface area contributed by atoms with Gasteiger partial charge in [0, 0.05) is 6.07 Å². The molecule has 0 bridgehead atoms. The summed E-state index contributed by atoms with van der Waals surface area (Å²) in [5.74, 6) is 0.881. The molecule has 7 nitrogen and oxygen atoms in total. The third kappa shape index (κ3) is 3.14. The van der Waals surface area contributed by atoms with Crippen LogP contribution in [0.3, 0.4) is 0 Å². The Bertz CT molecular complexity index is 673. The monoisotopic (exact) mass is 288 g/mol. The molecule has 110 valence electrons. The molecule has 0 aliphatic rings. The van der Waals surface area contributed by atoms with Gasteiger partial charge in [-0.2, -0.15) is 0 Å². The first-order valence-electron chi connectivity index (χ1n) is 6.09. The van der Waals surface area contributed by atoms with E-state index in [0.29, 0.717) is 28.7 Å². The average molecular weight is 288 g/mol. The highest BCUT2D eigenvalue weighted by molar-refractivity contribution is 5.99. The Balaban J connectivity index is 2.40. The first-order valence-corrected chi connectivity index (χ1v) is 6.09.